The van der Waals surface area contributed by atoms with Gasteiger partial charge < -0.3 is 14.5 Å². The lowest BCUT2D eigenvalue weighted by atomic mass is 10.3. The molecule has 0 amide bonds. The minimum Gasteiger partial charge on any atom is -0.435 e. The average molecular weight is 464 g/mol. The van der Waals surface area contributed by atoms with Gasteiger partial charge in [0.05, 0.1) is 33.3 Å². The molecular formula is C20H14BrN7O2. The molecule has 30 heavy (non-hydrogen) atoms. The van der Waals surface area contributed by atoms with Gasteiger partial charge in [-0.2, -0.15) is 9.97 Å². The van der Waals surface area contributed by atoms with Gasteiger partial charge in [0.2, 0.25) is 5.88 Å². The van der Waals surface area contributed by atoms with E-state index < -0.39 is 0 Å². The molecule has 0 unspecified atom stereocenters. The summed E-state index contributed by atoms with van der Waals surface area (Å²) >= 11 is 3.62. The first-order valence-corrected chi connectivity index (χ1v) is 9.90. The van der Waals surface area contributed by atoms with Crippen molar-refractivity contribution in [1.29, 1.82) is 0 Å². The van der Waals surface area contributed by atoms with Crippen LogP contribution in [0.15, 0.2) is 53.8 Å². The average Bonchev–Trinajstić information content (AvgIpc) is 3.10. The number of nitrogens with zero attached hydrogens (tertiary/aromatic N) is 6. The molecule has 1 aromatic carbocycles. The number of benzene rings is 1. The maximum absolute atomic E-state index is 5.95. The van der Waals surface area contributed by atoms with Gasteiger partial charge in [0.25, 0.3) is 0 Å². The predicted octanol–water partition coefficient (Wildman–Crippen LogP) is 4.60. The molecule has 0 aliphatic heterocycles. The van der Waals surface area contributed by atoms with Crippen LogP contribution in [0.3, 0.4) is 0 Å². The number of aryl methyl sites for hydroxylation is 1. The van der Waals surface area contributed by atoms with E-state index in [1.165, 1.54) is 6.33 Å². The van der Waals surface area contributed by atoms with Gasteiger partial charge in [0.15, 0.2) is 5.75 Å². The highest BCUT2D eigenvalue weighted by molar-refractivity contribution is 9.10. The molecule has 0 radical (unpaired) electrons. The quantitative estimate of drug-likeness (QED) is 0.402. The van der Waals surface area contributed by atoms with Gasteiger partial charge in [-0.1, -0.05) is 6.92 Å². The van der Waals surface area contributed by atoms with Crippen molar-refractivity contribution in [2.24, 2.45) is 0 Å². The van der Waals surface area contributed by atoms with Crippen LogP contribution >= 0.6 is 15.9 Å². The number of aromatic amines is 1. The van der Waals surface area contributed by atoms with E-state index >= 15 is 0 Å². The highest BCUT2D eigenvalue weighted by Crippen LogP contribution is 2.37. The van der Waals surface area contributed by atoms with Crippen LogP contribution in [0.1, 0.15) is 12.6 Å². The van der Waals surface area contributed by atoms with Crippen LogP contribution in [0, 0.1) is 0 Å². The smallest absolute Gasteiger partial charge is 0.327 e. The number of halogens is 1. The molecule has 0 saturated carbocycles. The van der Waals surface area contributed by atoms with E-state index in [1.54, 1.807) is 36.9 Å². The third kappa shape index (κ3) is 3.41. The first-order chi connectivity index (χ1) is 14.7. The van der Waals surface area contributed by atoms with Crippen LogP contribution in [0.4, 0.5) is 0 Å². The van der Waals surface area contributed by atoms with E-state index in [0.717, 1.165) is 22.1 Å². The number of nitrogens with one attached hydrogen (secondary N) is 1. The number of H-pyrrole nitrogens is 1. The van der Waals surface area contributed by atoms with Crippen LogP contribution in [0.25, 0.3) is 22.1 Å². The third-order valence-corrected chi connectivity index (χ3v) is 5.24. The molecule has 0 fully saturated rings. The fourth-order valence-electron chi connectivity index (χ4n) is 2.98. The minimum atomic E-state index is 0.133. The van der Waals surface area contributed by atoms with Crippen LogP contribution in [-0.4, -0.2) is 34.9 Å². The number of aromatic nitrogens is 7. The monoisotopic (exact) mass is 463 g/mol. The summed E-state index contributed by atoms with van der Waals surface area (Å²) < 4.78 is 12.7. The second-order valence-corrected chi connectivity index (χ2v) is 7.08. The van der Waals surface area contributed by atoms with E-state index in [2.05, 4.69) is 50.8 Å². The molecule has 4 aromatic heterocycles. The summed E-state index contributed by atoms with van der Waals surface area (Å²) in [7, 11) is 0. The number of rotatable bonds is 5. The molecule has 4 heterocycles. The summed E-state index contributed by atoms with van der Waals surface area (Å²) in [5.74, 6) is 1.32. The Morgan fingerprint density at radius 1 is 0.967 bits per heavy atom. The lowest BCUT2D eigenvalue weighted by Crippen LogP contribution is -1.97. The van der Waals surface area contributed by atoms with Crippen molar-refractivity contribution in [2.75, 3.05) is 0 Å². The second-order valence-electron chi connectivity index (χ2n) is 6.29. The van der Waals surface area contributed by atoms with Gasteiger partial charge in [0.1, 0.15) is 17.7 Å². The van der Waals surface area contributed by atoms with E-state index in [-0.39, 0.29) is 6.01 Å². The number of fused-ring (bicyclic) bond motifs is 2. The van der Waals surface area contributed by atoms with Gasteiger partial charge in [-0.15, -0.1) is 0 Å². The Bertz CT molecular complexity index is 1360. The molecule has 0 saturated heterocycles. The van der Waals surface area contributed by atoms with E-state index in [9.17, 15) is 0 Å². The largest absolute Gasteiger partial charge is 0.435 e. The molecule has 0 aliphatic rings. The second kappa shape index (κ2) is 7.64. The molecular weight excluding hydrogens is 450 g/mol. The van der Waals surface area contributed by atoms with Gasteiger partial charge in [-0.25, -0.2) is 9.97 Å². The molecule has 5 aromatic rings. The summed E-state index contributed by atoms with van der Waals surface area (Å²) in [6, 6.07) is 5.53. The highest BCUT2D eigenvalue weighted by Gasteiger charge is 2.19. The zero-order valence-corrected chi connectivity index (χ0v) is 17.3. The van der Waals surface area contributed by atoms with Crippen LogP contribution in [-0.2, 0) is 6.42 Å². The van der Waals surface area contributed by atoms with Crippen molar-refractivity contribution in [3.63, 3.8) is 0 Å². The fourth-order valence-corrected chi connectivity index (χ4v) is 3.72. The van der Waals surface area contributed by atoms with Crippen molar-refractivity contribution in [3.8, 4) is 23.4 Å². The Morgan fingerprint density at radius 3 is 2.57 bits per heavy atom. The highest BCUT2D eigenvalue weighted by atomic mass is 79.9. The van der Waals surface area contributed by atoms with Gasteiger partial charge >= 0.3 is 6.01 Å². The predicted molar refractivity (Wildman–Crippen MR) is 113 cm³/mol. The molecule has 0 bridgehead atoms. The zero-order valence-electron chi connectivity index (χ0n) is 15.7. The number of ether oxygens (including phenoxy) is 2. The summed E-state index contributed by atoms with van der Waals surface area (Å²) in [5.41, 5.74) is 3.06. The molecule has 0 spiro atoms. The zero-order chi connectivity index (χ0) is 20.5. The summed E-state index contributed by atoms with van der Waals surface area (Å²) in [5, 5.41) is 0.715. The molecule has 1 N–H and O–H groups in total. The Kier molecular flexibility index (Phi) is 4.68. The molecule has 0 aliphatic carbocycles. The van der Waals surface area contributed by atoms with Crippen molar-refractivity contribution >= 4 is 38.0 Å². The van der Waals surface area contributed by atoms with Gasteiger partial charge in [0, 0.05) is 24.2 Å². The first kappa shape index (κ1) is 18.4. The topological polar surface area (TPSA) is 112 Å². The summed E-state index contributed by atoms with van der Waals surface area (Å²) in [6.45, 7) is 2.04. The molecule has 0 atom stereocenters. The van der Waals surface area contributed by atoms with Crippen LogP contribution in [0.5, 0.6) is 23.4 Å². The lowest BCUT2D eigenvalue weighted by Gasteiger charge is -2.09. The Morgan fingerprint density at radius 2 is 1.77 bits per heavy atom. The normalized spacial score (nSPS) is 11.1. The standard InChI is InChI=1S/C20H14BrN7O2/c1-2-13-17(21)16-18(26-13)27-20(28-19(16)29-12-8-22-10-23-9-12)30-11-3-4-14-15(7-11)25-6-5-24-14/h3-10H,2H2,1H3,(H,26,27,28). The first-order valence-electron chi connectivity index (χ1n) is 9.11. The Labute approximate surface area is 178 Å². The fraction of sp³-hybridized carbons (Fsp3) is 0.100. The summed E-state index contributed by atoms with van der Waals surface area (Å²) in [6.07, 6.45) is 8.61. The summed E-state index contributed by atoms with van der Waals surface area (Å²) in [4.78, 5) is 28.8. The van der Waals surface area contributed by atoms with Crippen LogP contribution < -0.4 is 9.47 Å². The van der Waals surface area contributed by atoms with Crippen molar-refractivity contribution in [2.45, 2.75) is 13.3 Å². The third-order valence-electron chi connectivity index (χ3n) is 4.36. The van der Waals surface area contributed by atoms with Gasteiger partial charge in [-0.3, -0.25) is 9.97 Å². The van der Waals surface area contributed by atoms with E-state index in [0.29, 0.717) is 33.9 Å². The maximum Gasteiger partial charge on any atom is 0.327 e. The van der Waals surface area contributed by atoms with Crippen molar-refractivity contribution in [1.82, 2.24) is 34.9 Å². The molecule has 9 nitrogen and oxygen atoms in total. The minimum absolute atomic E-state index is 0.133. The molecule has 148 valence electrons. The van der Waals surface area contributed by atoms with Crippen molar-refractivity contribution < 1.29 is 9.47 Å². The van der Waals surface area contributed by atoms with E-state index in [4.69, 9.17) is 9.47 Å². The Balaban J connectivity index is 1.59. The maximum atomic E-state index is 5.95. The van der Waals surface area contributed by atoms with Gasteiger partial charge in [-0.05, 0) is 34.5 Å². The number of hydrogen-bond donors (Lipinski definition) is 1. The lowest BCUT2D eigenvalue weighted by molar-refractivity contribution is 0.416. The molecule has 5 rings (SSSR count). The van der Waals surface area contributed by atoms with Crippen LogP contribution in [0.2, 0.25) is 0 Å². The van der Waals surface area contributed by atoms with E-state index in [1.807, 2.05) is 13.0 Å². The molecule has 10 heteroatoms. The SMILES string of the molecule is CCc1[nH]c2nc(Oc3ccc4nccnc4c3)nc(Oc3cncnc3)c2c1Br. The number of hydrogen-bond acceptors (Lipinski definition) is 8. The Hall–Kier alpha value is -3.66. The van der Waals surface area contributed by atoms with Crippen molar-refractivity contribution in [3.05, 3.63) is 59.5 Å².